The molecule has 1 aliphatic rings. The van der Waals surface area contributed by atoms with E-state index in [0.29, 0.717) is 24.5 Å². The fourth-order valence-corrected chi connectivity index (χ4v) is 2.51. The van der Waals surface area contributed by atoms with E-state index in [-0.39, 0.29) is 18.9 Å². The van der Waals surface area contributed by atoms with Gasteiger partial charge in [-0.05, 0) is 41.8 Å². The second kappa shape index (κ2) is 8.01. The molecule has 1 atom stereocenters. The van der Waals surface area contributed by atoms with Gasteiger partial charge in [-0.15, -0.1) is 0 Å². The summed E-state index contributed by atoms with van der Waals surface area (Å²) in [6.45, 7) is 0.466. The molecule has 1 heterocycles. The van der Waals surface area contributed by atoms with Crippen LogP contribution in [0, 0.1) is 11.6 Å². The van der Waals surface area contributed by atoms with Crippen molar-refractivity contribution in [2.45, 2.75) is 12.5 Å². The average Bonchev–Trinajstić information content (AvgIpc) is 3.10. The summed E-state index contributed by atoms with van der Waals surface area (Å²) in [4.78, 5) is 11.8. The fourth-order valence-electron chi connectivity index (χ4n) is 2.51. The third-order valence-electron chi connectivity index (χ3n) is 3.92. The zero-order chi connectivity index (χ0) is 18.5. The van der Waals surface area contributed by atoms with Gasteiger partial charge in [-0.1, -0.05) is 12.1 Å². The molecule has 0 bridgehead atoms. The van der Waals surface area contributed by atoms with E-state index >= 15 is 0 Å². The van der Waals surface area contributed by atoms with Crippen molar-refractivity contribution >= 4 is 6.03 Å². The van der Waals surface area contributed by atoms with Gasteiger partial charge < -0.3 is 25.2 Å². The number of nitrogens with one attached hydrogen (secondary N) is 2. The van der Waals surface area contributed by atoms with Gasteiger partial charge in [-0.3, -0.25) is 0 Å². The number of halogens is 2. The number of hydrogen-bond acceptors (Lipinski definition) is 4. The van der Waals surface area contributed by atoms with Crippen molar-refractivity contribution in [3.05, 3.63) is 59.2 Å². The number of benzene rings is 2. The minimum atomic E-state index is -1.13. The number of fused-ring (bicyclic) bond motifs is 1. The van der Waals surface area contributed by atoms with Gasteiger partial charge in [0, 0.05) is 13.1 Å². The molecule has 1 unspecified atom stereocenters. The van der Waals surface area contributed by atoms with Gasteiger partial charge in [0.15, 0.2) is 23.1 Å². The van der Waals surface area contributed by atoms with Gasteiger partial charge in [-0.2, -0.15) is 0 Å². The monoisotopic (exact) mass is 364 g/mol. The van der Waals surface area contributed by atoms with Crippen LogP contribution in [0.1, 0.15) is 17.2 Å². The van der Waals surface area contributed by atoms with E-state index in [9.17, 15) is 18.7 Å². The van der Waals surface area contributed by atoms with Crippen molar-refractivity contribution in [1.29, 1.82) is 0 Å². The first-order chi connectivity index (χ1) is 12.5. The quantitative estimate of drug-likeness (QED) is 0.735. The molecule has 2 aromatic rings. The number of amides is 2. The van der Waals surface area contributed by atoms with Crippen LogP contribution in [-0.2, 0) is 6.42 Å². The number of aliphatic hydroxyl groups excluding tert-OH is 1. The molecule has 2 amide bonds. The van der Waals surface area contributed by atoms with Crippen LogP contribution in [0.4, 0.5) is 13.6 Å². The summed E-state index contributed by atoms with van der Waals surface area (Å²) in [5.41, 5.74) is 1.17. The van der Waals surface area contributed by atoms with E-state index in [2.05, 4.69) is 10.6 Å². The molecule has 26 heavy (non-hydrogen) atoms. The van der Waals surface area contributed by atoms with Crippen LogP contribution in [0.25, 0.3) is 0 Å². The largest absolute Gasteiger partial charge is 0.454 e. The molecule has 138 valence electrons. The number of ether oxygens (including phenoxy) is 2. The van der Waals surface area contributed by atoms with Gasteiger partial charge in [0.2, 0.25) is 6.79 Å². The lowest BCUT2D eigenvalue weighted by Gasteiger charge is -2.13. The maximum atomic E-state index is 13.1. The molecule has 6 nitrogen and oxygen atoms in total. The number of rotatable bonds is 6. The summed E-state index contributed by atoms with van der Waals surface area (Å²) in [5.74, 6) is -0.655. The van der Waals surface area contributed by atoms with Gasteiger partial charge in [0.25, 0.3) is 0 Å². The minimum Gasteiger partial charge on any atom is -0.454 e. The maximum Gasteiger partial charge on any atom is 0.314 e. The van der Waals surface area contributed by atoms with Crippen LogP contribution < -0.4 is 20.1 Å². The van der Waals surface area contributed by atoms with Gasteiger partial charge in [-0.25, -0.2) is 13.6 Å². The highest BCUT2D eigenvalue weighted by molar-refractivity contribution is 5.73. The molecule has 0 aliphatic carbocycles. The first kappa shape index (κ1) is 17.9. The van der Waals surface area contributed by atoms with Crippen molar-refractivity contribution in [2.75, 3.05) is 19.9 Å². The lowest BCUT2D eigenvalue weighted by atomic mass is 10.1. The summed E-state index contributed by atoms with van der Waals surface area (Å²) in [5, 5.41) is 15.1. The Balaban J connectivity index is 1.40. The van der Waals surface area contributed by atoms with Crippen molar-refractivity contribution in [3.63, 3.8) is 0 Å². The number of carbonyl (C=O) groups is 1. The van der Waals surface area contributed by atoms with Crippen LogP contribution in [0.2, 0.25) is 0 Å². The summed E-state index contributed by atoms with van der Waals surface area (Å²) >= 11 is 0. The van der Waals surface area contributed by atoms with Crippen molar-refractivity contribution in [2.24, 2.45) is 0 Å². The zero-order valence-electron chi connectivity index (χ0n) is 13.8. The predicted molar refractivity (Wildman–Crippen MR) is 89.0 cm³/mol. The molecule has 2 aromatic carbocycles. The van der Waals surface area contributed by atoms with E-state index in [1.165, 1.54) is 6.07 Å². The Morgan fingerprint density at radius 2 is 1.88 bits per heavy atom. The summed E-state index contributed by atoms with van der Waals surface area (Å²) in [6, 6.07) is 8.19. The number of carbonyl (C=O) groups excluding carboxylic acids is 1. The lowest BCUT2D eigenvalue weighted by molar-refractivity contribution is 0.172. The Morgan fingerprint density at radius 1 is 1.08 bits per heavy atom. The van der Waals surface area contributed by atoms with Crippen LogP contribution >= 0.6 is 0 Å². The summed E-state index contributed by atoms with van der Waals surface area (Å²) in [7, 11) is 0. The minimum absolute atomic E-state index is 0.124. The molecular weight excluding hydrogens is 346 g/mol. The Kier molecular flexibility index (Phi) is 5.52. The Morgan fingerprint density at radius 3 is 2.69 bits per heavy atom. The normalized spacial score (nSPS) is 13.3. The molecule has 0 fully saturated rings. The van der Waals surface area contributed by atoms with E-state index in [0.717, 1.165) is 17.7 Å². The van der Waals surface area contributed by atoms with E-state index in [1.54, 1.807) is 0 Å². The molecular formula is C18H18F2N2O4. The van der Waals surface area contributed by atoms with Gasteiger partial charge in [0.1, 0.15) is 0 Å². The molecule has 0 saturated carbocycles. The third kappa shape index (κ3) is 4.40. The standard InChI is InChI=1S/C18H18F2N2O4/c19-13-3-2-12(8-14(13)20)15(23)9-22-18(24)21-6-5-11-1-4-16-17(7-11)26-10-25-16/h1-4,7-8,15,23H,5-6,9-10H2,(H2,21,22,24). The molecule has 3 rings (SSSR count). The molecule has 0 aromatic heterocycles. The second-order valence-corrected chi connectivity index (χ2v) is 5.76. The summed E-state index contributed by atoms with van der Waals surface area (Å²) < 4.78 is 36.5. The molecule has 0 radical (unpaired) electrons. The molecule has 3 N–H and O–H groups in total. The Hall–Kier alpha value is -2.87. The SMILES string of the molecule is O=C(NCCc1ccc2c(c1)OCO2)NCC(O)c1ccc(F)c(F)c1. The number of aliphatic hydroxyl groups is 1. The highest BCUT2D eigenvalue weighted by Gasteiger charge is 2.14. The van der Waals surface area contributed by atoms with Gasteiger partial charge in [0.05, 0.1) is 6.10 Å². The highest BCUT2D eigenvalue weighted by Crippen LogP contribution is 2.32. The first-order valence-electron chi connectivity index (χ1n) is 8.06. The number of urea groups is 1. The highest BCUT2D eigenvalue weighted by atomic mass is 19.2. The second-order valence-electron chi connectivity index (χ2n) is 5.76. The average molecular weight is 364 g/mol. The fraction of sp³-hybridized carbons (Fsp3) is 0.278. The van der Waals surface area contributed by atoms with Gasteiger partial charge >= 0.3 is 6.03 Å². The van der Waals surface area contributed by atoms with Crippen molar-refractivity contribution in [3.8, 4) is 11.5 Å². The Bertz CT molecular complexity index is 801. The third-order valence-corrected chi connectivity index (χ3v) is 3.92. The predicted octanol–water partition coefficient (Wildman–Crippen LogP) is 2.27. The lowest BCUT2D eigenvalue weighted by Crippen LogP contribution is -2.38. The van der Waals surface area contributed by atoms with Crippen LogP contribution in [-0.4, -0.2) is 31.0 Å². The molecule has 0 saturated heterocycles. The van der Waals surface area contributed by atoms with E-state index in [4.69, 9.17) is 9.47 Å². The maximum absolute atomic E-state index is 13.1. The Labute approximate surface area is 148 Å². The molecule has 0 spiro atoms. The van der Waals surface area contributed by atoms with Crippen LogP contribution in [0.5, 0.6) is 11.5 Å². The van der Waals surface area contributed by atoms with E-state index in [1.807, 2.05) is 18.2 Å². The number of hydrogen-bond donors (Lipinski definition) is 3. The topological polar surface area (TPSA) is 79.8 Å². The van der Waals surface area contributed by atoms with Crippen LogP contribution in [0.3, 0.4) is 0 Å². The molecule has 1 aliphatic heterocycles. The first-order valence-corrected chi connectivity index (χ1v) is 8.06. The summed E-state index contributed by atoms with van der Waals surface area (Å²) in [6.07, 6.45) is -0.541. The van der Waals surface area contributed by atoms with E-state index < -0.39 is 23.8 Å². The van der Waals surface area contributed by atoms with Crippen molar-refractivity contribution in [1.82, 2.24) is 10.6 Å². The molecule has 8 heteroatoms. The van der Waals surface area contributed by atoms with Crippen LogP contribution in [0.15, 0.2) is 36.4 Å². The van der Waals surface area contributed by atoms with Crippen molar-refractivity contribution < 1.29 is 28.2 Å². The zero-order valence-corrected chi connectivity index (χ0v) is 13.8. The smallest absolute Gasteiger partial charge is 0.314 e.